The first-order chi connectivity index (χ1) is 14.3. The number of furan rings is 1. The number of carbonyl (C=O) groups excluding carboxylic acids is 2. The van der Waals surface area contributed by atoms with Crippen molar-refractivity contribution in [3.63, 3.8) is 0 Å². The van der Waals surface area contributed by atoms with E-state index < -0.39 is 0 Å². The molecule has 1 aromatic heterocycles. The van der Waals surface area contributed by atoms with Crippen molar-refractivity contribution in [1.82, 2.24) is 5.32 Å². The van der Waals surface area contributed by atoms with Crippen LogP contribution >= 0.6 is 0 Å². The van der Waals surface area contributed by atoms with Crippen LogP contribution in [0.15, 0.2) is 71.3 Å². The first-order valence-electron chi connectivity index (χ1n) is 9.73. The Kier molecular flexibility index (Phi) is 6.69. The normalized spacial score (nSPS) is 11.2. The van der Waals surface area contributed by atoms with Gasteiger partial charge < -0.3 is 19.8 Å². The molecule has 6 heteroatoms. The molecule has 3 aromatic rings. The Morgan fingerprint density at radius 1 is 0.900 bits per heavy atom. The lowest BCUT2D eigenvalue weighted by Gasteiger charge is -2.20. The average Bonchev–Trinajstić information content (AvgIpc) is 3.20. The summed E-state index contributed by atoms with van der Waals surface area (Å²) in [5, 5.41) is 5.77. The van der Waals surface area contributed by atoms with Gasteiger partial charge in [-0.15, -0.1) is 0 Å². The number of ether oxygens (including phenoxy) is 1. The van der Waals surface area contributed by atoms with Crippen LogP contribution in [0.3, 0.4) is 0 Å². The monoisotopic (exact) mass is 406 g/mol. The predicted octanol–water partition coefficient (Wildman–Crippen LogP) is 4.78. The van der Waals surface area contributed by atoms with Crippen molar-refractivity contribution in [3.05, 3.63) is 89.4 Å². The Hall–Kier alpha value is -3.38. The zero-order valence-corrected chi connectivity index (χ0v) is 17.4. The number of amides is 2. The third kappa shape index (κ3) is 6.32. The molecule has 156 valence electrons. The molecule has 0 spiro atoms. The van der Waals surface area contributed by atoms with Crippen molar-refractivity contribution in [2.24, 2.45) is 0 Å². The molecule has 0 radical (unpaired) electrons. The fourth-order valence-electron chi connectivity index (χ4n) is 2.79. The highest BCUT2D eigenvalue weighted by atomic mass is 16.5. The van der Waals surface area contributed by atoms with Crippen LogP contribution in [0.2, 0.25) is 0 Å². The van der Waals surface area contributed by atoms with Crippen molar-refractivity contribution in [2.75, 3.05) is 5.32 Å². The maximum Gasteiger partial charge on any atom is 0.255 e. The second-order valence-corrected chi connectivity index (χ2v) is 8.01. The molecule has 2 N–H and O–H groups in total. The Bertz CT molecular complexity index is 987. The fraction of sp³-hybridized carbons (Fsp3) is 0.250. The van der Waals surface area contributed by atoms with E-state index in [2.05, 4.69) is 10.6 Å². The highest BCUT2D eigenvalue weighted by Crippen LogP contribution is 2.15. The number of hydrogen-bond acceptors (Lipinski definition) is 4. The first kappa shape index (κ1) is 21.3. The number of carbonyl (C=O) groups is 2. The van der Waals surface area contributed by atoms with E-state index in [1.807, 2.05) is 57.2 Å². The van der Waals surface area contributed by atoms with E-state index in [1.54, 1.807) is 30.5 Å². The second kappa shape index (κ2) is 9.41. The zero-order chi connectivity index (χ0) is 21.6. The van der Waals surface area contributed by atoms with Gasteiger partial charge in [0.05, 0.1) is 12.9 Å². The minimum atomic E-state index is -0.320. The Morgan fingerprint density at radius 3 is 2.23 bits per heavy atom. The van der Waals surface area contributed by atoms with Crippen molar-refractivity contribution < 1.29 is 18.7 Å². The van der Waals surface area contributed by atoms with Gasteiger partial charge in [0.2, 0.25) is 0 Å². The summed E-state index contributed by atoms with van der Waals surface area (Å²) in [4.78, 5) is 24.8. The van der Waals surface area contributed by atoms with Crippen LogP contribution in [0.4, 0.5) is 5.69 Å². The van der Waals surface area contributed by atoms with Crippen molar-refractivity contribution in [3.8, 4) is 0 Å². The number of nitrogens with one attached hydrogen (secondary N) is 2. The van der Waals surface area contributed by atoms with Crippen molar-refractivity contribution >= 4 is 17.5 Å². The van der Waals surface area contributed by atoms with Gasteiger partial charge in [0, 0.05) is 22.4 Å². The van der Waals surface area contributed by atoms with E-state index in [9.17, 15) is 9.59 Å². The molecule has 0 saturated heterocycles. The van der Waals surface area contributed by atoms with Crippen LogP contribution in [-0.2, 0) is 18.0 Å². The summed E-state index contributed by atoms with van der Waals surface area (Å²) in [6, 6.07) is 17.7. The van der Waals surface area contributed by atoms with Crippen LogP contribution in [0, 0.1) is 0 Å². The molecule has 1 heterocycles. The summed E-state index contributed by atoms with van der Waals surface area (Å²) in [7, 11) is 0. The second-order valence-electron chi connectivity index (χ2n) is 8.01. The Balaban J connectivity index is 1.57. The highest BCUT2D eigenvalue weighted by Gasteiger charge is 2.15. The molecule has 0 aliphatic rings. The number of hydrogen-bond donors (Lipinski definition) is 2. The molecule has 0 fully saturated rings. The third-order valence-electron chi connectivity index (χ3n) is 4.18. The Labute approximate surface area is 176 Å². The lowest BCUT2D eigenvalue weighted by atomic mass is 10.1. The summed E-state index contributed by atoms with van der Waals surface area (Å²) in [5.41, 5.74) is 2.28. The van der Waals surface area contributed by atoms with Crippen molar-refractivity contribution in [1.29, 1.82) is 0 Å². The minimum absolute atomic E-state index is 0.170. The number of rotatable bonds is 7. The average molecular weight is 406 g/mol. The van der Waals surface area contributed by atoms with E-state index >= 15 is 0 Å². The minimum Gasteiger partial charge on any atom is -0.467 e. The van der Waals surface area contributed by atoms with E-state index in [-0.39, 0.29) is 17.4 Å². The molecule has 0 aliphatic carbocycles. The maximum atomic E-state index is 12.5. The topological polar surface area (TPSA) is 80.6 Å². The van der Waals surface area contributed by atoms with Gasteiger partial charge in [-0.05, 0) is 74.9 Å². The van der Waals surface area contributed by atoms with Gasteiger partial charge in [0.25, 0.3) is 11.8 Å². The molecule has 2 aromatic carbocycles. The maximum absolute atomic E-state index is 12.5. The van der Waals surface area contributed by atoms with Gasteiger partial charge in [-0.25, -0.2) is 0 Å². The third-order valence-corrected chi connectivity index (χ3v) is 4.18. The van der Waals surface area contributed by atoms with Crippen LogP contribution in [0.1, 0.15) is 52.8 Å². The van der Waals surface area contributed by atoms with Crippen LogP contribution in [-0.4, -0.2) is 17.4 Å². The number of benzene rings is 2. The molecule has 0 atom stereocenters. The Morgan fingerprint density at radius 2 is 1.60 bits per heavy atom. The van der Waals surface area contributed by atoms with Crippen LogP contribution < -0.4 is 10.6 Å². The van der Waals surface area contributed by atoms with E-state index in [0.717, 1.165) is 11.3 Å². The van der Waals surface area contributed by atoms with E-state index in [4.69, 9.17) is 9.15 Å². The molecule has 30 heavy (non-hydrogen) atoms. The van der Waals surface area contributed by atoms with Crippen molar-refractivity contribution in [2.45, 2.75) is 39.5 Å². The van der Waals surface area contributed by atoms with Gasteiger partial charge in [-0.1, -0.05) is 12.1 Å². The fourth-order valence-corrected chi connectivity index (χ4v) is 2.79. The lowest BCUT2D eigenvalue weighted by Crippen LogP contribution is -2.40. The SMILES string of the molecule is CC(C)(C)NC(=O)c1ccc(C(=O)Nc2cccc(COCc3ccco3)c2)cc1. The molecular formula is C24H26N2O4. The molecular weight excluding hydrogens is 380 g/mol. The molecule has 2 amide bonds. The molecule has 0 saturated carbocycles. The van der Waals surface area contributed by atoms with E-state index in [0.29, 0.717) is 30.0 Å². The van der Waals surface area contributed by atoms with Gasteiger partial charge in [0.15, 0.2) is 0 Å². The smallest absolute Gasteiger partial charge is 0.255 e. The van der Waals surface area contributed by atoms with E-state index in [1.165, 1.54) is 0 Å². The summed E-state index contributed by atoms with van der Waals surface area (Å²) in [6.45, 7) is 6.55. The molecule has 0 aliphatic heterocycles. The largest absolute Gasteiger partial charge is 0.467 e. The predicted molar refractivity (Wildman–Crippen MR) is 115 cm³/mol. The number of anilines is 1. The summed E-state index contributed by atoms with van der Waals surface area (Å²) < 4.78 is 10.9. The van der Waals surface area contributed by atoms with Crippen LogP contribution in [0.5, 0.6) is 0 Å². The van der Waals surface area contributed by atoms with Crippen LogP contribution in [0.25, 0.3) is 0 Å². The summed E-state index contributed by atoms with van der Waals surface area (Å²) >= 11 is 0. The summed E-state index contributed by atoms with van der Waals surface area (Å²) in [6.07, 6.45) is 1.61. The zero-order valence-electron chi connectivity index (χ0n) is 17.4. The summed E-state index contributed by atoms with van der Waals surface area (Å²) in [5.74, 6) is 0.349. The molecule has 0 unspecified atom stereocenters. The van der Waals surface area contributed by atoms with Gasteiger partial charge >= 0.3 is 0 Å². The van der Waals surface area contributed by atoms with Gasteiger partial charge in [-0.2, -0.15) is 0 Å². The molecule has 6 nitrogen and oxygen atoms in total. The van der Waals surface area contributed by atoms with Gasteiger partial charge in [-0.3, -0.25) is 9.59 Å². The quantitative estimate of drug-likeness (QED) is 0.592. The molecule has 3 rings (SSSR count). The van der Waals surface area contributed by atoms with Gasteiger partial charge in [0.1, 0.15) is 12.4 Å². The standard InChI is InChI=1S/C24H26N2O4/c1-24(2,3)26-23(28)19-11-9-18(10-12-19)22(27)25-20-7-4-6-17(14-20)15-29-16-21-8-5-13-30-21/h4-14H,15-16H2,1-3H3,(H,25,27)(H,26,28). The first-order valence-corrected chi connectivity index (χ1v) is 9.73. The highest BCUT2D eigenvalue weighted by molar-refractivity contribution is 6.05. The molecule has 0 bridgehead atoms. The lowest BCUT2D eigenvalue weighted by molar-refractivity contribution is 0.0918.